The van der Waals surface area contributed by atoms with E-state index in [1.165, 1.54) is 0 Å². The average molecular weight is 258 g/mol. The maximum Gasteiger partial charge on any atom is 0.229 e. The minimum Gasteiger partial charge on any atom is -0.378 e. The number of anilines is 1. The highest BCUT2D eigenvalue weighted by molar-refractivity contribution is 5.94. The summed E-state index contributed by atoms with van der Waals surface area (Å²) in [5.41, 5.74) is 1.17. The molecule has 1 unspecified atom stereocenters. The van der Waals surface area contributed by atoms with Crippen LogP contribution in [0.1, 0.15) is 31.2 Å². The van der Waals surface area contributed by atoms with E-state index in [2.05, 4.69) is 6.07 Å². The van der Waals surface area contributed by atoms with Crippen molar-refractivity contribution in [3.63, 3.8) is 0 Å². The summed E-state index contributed by atoms with van der Waals surface area (Å²) in [7, 11) is 1.71. The van der Waals surface area contributed by atoms with E-state index >= 15 is 0 Å². The van der Waals surface area contributed by atoms with Crippen molar-refractivity contribution in [1.29, 1.82) is 5.26 Å². The molecule has 0 N–H and O–H groups in total. The van der Waals surface area contributed by atoms with Gasteiger partial charge in [-0.2, -0.15) is 5.26 Å². The topological polar surface area (TPSA) is 53.3 Å². The van der Waals surface area contributed by atoms with Crippen molar-refractivity contribution in [3.8, 4) is 6.07 Å². The highest BCUT2D eigenvalue weighted by atomic mass is 16.5. The molecule has 4 nitrogen and oxygen atoms in total. The molecular formula is C15H18N2O2. The zero-order valence-corrected chi connectivity index (χ0v) is 11.1. The molecule has 1 aliphatic heterocycles. The molecule has 2 rings (SSSR count). The Morgan fingerprint density at radius 2 is 2.26 bits per heavy atom. The quantitative estimate of drug-likeness (QED) is 0.837. The third-order valence-corrected chi connectivity index (χ3v) is 3.44. The van der Waals surface area contributed by atoms with Crippen LogP contribution in [0.25, 0.3) is 0 Å². The van der Waals surface area contributed by atoms with Gasteiger partial charge in [-0.05, 0) is 31.4 Å². The lowest BCUT2D eigenvalue weighted by molar-refractivity contribution is -0.122. The van der Waals surface area contributed by atoms with Crippen LogP contribution in [-0.4, -0.2) is 25.7 Å². The van der Waals surface area contributed by atoms with E-state index in [1.54, 1.807) is 30.1 Å². The van der Waals surface area contributed by atoms with Gasteiger partial charge >= 0.3 is 0 Å². The van der Waals surface area contributed by atoms with Crippen LogP contribution < -0.4 is 4.90 Å². The number of rotatable bonds is 3. The Morgan fingerprint density at radius 1 is 1.47 bits per heavy atom. The van der Waals surface area contributed by atoms with Crippen molar-refractivity contribution in [2.24, 2.45) is 0 Å². The molecule has 100 valence electrons. The largest absolute Gasteiger partial charge is 0.378 e. The number of amides is 1. The second-order valence-electron chi connectivity index (χ2n) is 4.77. The Kier molecular flexibility index (Phi) is 4.53. The fourth-order valence-electron chi connectivity index (χ4n) is 2.30. The van der Waals surface area contributed by atoms with Crippen LogP contribution in [0.4, 0.5) is 5.69 Å². The fraction of sp³-hybridized carbons (Fsp3) is 0.467. The van der Waals surface area contributed by atoms with Crippen LogP contribution in [-0.2, 0) is 9.53 Å². The molecule has 1 fully saturated rings. The van der Waals surface area contributed by atoms with Gasteiger partial charge in [-0.15, -0.1) is 0 Å². The SMILES string of the molecule is CN(C(=O)CC1CCCCO1)c1ccccc1C#N. The Balaban J connectivity index is 2.04. The molecule has 0 saturated carbocycles. The maximum absolute atomic E-state index is 12.2. The van der Waals surface area contributed by atoms with Crippen LogP contribution in [0.5, 0.6) is 0 Å². The number of para-hydroxylation sites is 1. The molecule has 1 heterocycles. The highest BCUT2D eigenvalue weighted by Crippen LogP contribution is 2.21. The summed E-state index contributed by atoms with van der Waals surface area (Å²) in [6.45, 7) is 0.746. The molecule has 1 amide bonds. The normalized spacial score (nSPS) is 18.6. The minimum atomic E-state index is -0.00500. The number of carbonyl (C=O) groups excluding carboxylic acids is 1. The van der Waals surface area contributed by atoms with Crippen molar-refractivity contribution in [2.75, 3.05) is 18.6 Å². The number of carbonyl (C=O) groups is 1. The lowest BCUT2D eigenvalue weighted by atomic mass is 10.1. The second kappa shape index (κ2) is 6.35. The monoisotopic (exact) mass is 258 g/mol. The van der Waals surface area contributed by atoms with Gasteiger partial charge in [-0.25, -0.2) is 0 Å². The van der Waals surface area contributed by atoms with Gasteiger partial charge in [0.2, 0.25) is 5.91 Å². The van der Waals surface area contributed by atoms with E-state index in [4.69, 9.17) is 10.00 Å². The summed E-state index contributed by atoms with van der Waals surface area (Å²) in [5.74, 6) is -0.00500. The number of nitriles is 1. The Bertz CT molecular complexity index is 487. The zero-order chi connectivity index (χ0) is 13.7. The number of hydrogen-bond donors (Lipinski definition) is 0. The van der Waals surface area contributed by atoms with E-state index in [-0.39, 0.29) is 12.0 Å². The Hall–Kier alpha value is -1.86. The maximum atomic E-state index is 12.2. The number of ether oxygens (including phenoxy) is 1. The number of benzene rings is 1. The van der Waals surface area contributed by atoms with Gasteiger partial charge in [-0.1, -0.05) is 12.1 Å². The highest BCUT2D eigenvalue weighted by Gasteiger charge is 2.21. The summed E-state index contributed by atoms with van der Waals surface area (Å²) in [5, 5.41) is 9.06. The van der Waals surface area contributed by atoms with Crippen molar-refractivity contribution < 1.29 is 9.53 Å². The first kappa shape index (κ1) is 13.6. The van der Waals surface area contributed by atoms with Crippen LogP contribution in [0, 0.1) is 11.3 Å². The van der Waals surface area contributed by atoms with E-state index in [1.807, 2.05) is 6.07 Å². The summed E-state index contributed by atoms with van der Waals surface area (Å²) >= 11 is 0. The molecule has 4 heteroatoms. The van der Waals surface area contributed by atoms with Crippen molar-refractivity contribution in [2.45, 2.75) is 31.8 Å². The summed E-state index contributed by atoms with van der Waals surface area (Å²) < 4.78 is 5.58. The first-order valence-electron chi connectivity index (χ1n) is 6.59. The van der Waals surface area contributed by atoms with Crippen LogP contribution in [0.15, 0.2) is 24.3 Å². The average Bonchev–Trinajstić information content (AvgIpc) is 2.47. The molecule has 19 heavy (non-hydrogen) atoms. The number of hydrogen-bond acceptors (Lipinski definition) is 3. The number of nitrogens with zero attached hydrogens (tertiary/aromatic N) is 2. The molecule has 1 aromatic rings. The van der Waals surface area contributed by atoms with Gasteiger partial charge in [0.25, 0.3) is 0 Å². The van der Waals surface area contributed by atoms with Gasteiger partial charge < -0.3 is 9.64 Å². The summed E-state index contributed by atoms with van der Waals surface area (Å²) in [6.07, 6.45) is 3.56. The lowest BCUT2D eigenvalue weighted by Gasteiger charge is -2.25. The van der Waals surface area contributed by atoms with Gasteiger partial charge in [-0.3, -0.25) is 4.79 Å². The van der Waals surface area contributed by atoms with Crippen LogP contribution in [0.3, 0.4) is 0 Å². The van der Waals surface area contributed by atoms with Gasteiger partial charge in [0, 0.05) is 13.7 Å². The van der Waals surface area contributed by atoms with Gasteiger partial charge in [0.15, 0.2) is 0 Å². The molecule has 0 radical (unpaired) electrons. The van der Waals surface area contributed by atoms with E-state index in [9.17, 15) is 4.79 Å². The molecule has 1 aromatic carbocycles. The predicted octanol–water partition coefficient (Wildman–Crippen LogP) is 2.48. The van der Waals surface area contributed by atoms with E-state index in [0.717, 1.165) is 25.9 Å². The summed E-state index contributed by atoms with van der Waals surface area (Å²) in [4.78, 5) is 13.8. The van der Waals surface area contributed by atoms with Crippen molar-refractivity contribution in [3.05, 3.63) is 29.8 Å². The van der Waals surface area contributed by atoms with Crippen LogP contribution in [0.2, 0.25) is 0 Å². The smallest absolute Gasteiger partial charge is 0.229 e. The molecule has 0 aromatic heterocycles. The van der Waals surface area contributed by atoms with Crippen LogP contribution >= 0.6 is 0 Å². The molecule has 1 atom stereocenters. The molecule has 1 saturated heterocycles. The lowest BCUT2D eigenvalue weighted by Crippen LogP contribution is -2.32. The molecule has 0 aliphatic carbocycles. The first-order valence-corrected chi connectivity index (χ1v) is 6.59. The molecule has 1 aliphatic rings. The molecule has 0 bridgehead atoms. The van der Waals surface area contributed by atoms with Crippen molar-refractivity contribution >= 4 is 11.6 Å². The van der Waals surface area contributed by atoms with Gasteiger partial charge in [0.05, 0.1) is 23.8 Å². The van der Waals surface area contributed by atoms with Crippen molar-refractivity contribution in [1.82, 2.24) is 0 Å². The minimum absolute atomic E-state index is 0.00500. The third kappa shape index (κ3) is 3.33. The van der Waals surface area contributed by atoms with E-state index < -0.39 is 0 Å². The fourth-order valence-corrected chi connectivity index (χ4v) is 2.30. The third-order valence-electron chi connectivity index (χ3n) is 3.44. The molecular weight excluding hydrogens is 240 g/mol. The predicted molar refractivity (Wildman–Crippen MR) is 72.8 cm³/mol. The summed E-state index contributed by atoms with van der Waals surface area (Å²) in [6, 6.07) is 9.24. The van der Waals surface area contributed by atoms with E-state index in [0.29, 0.717) is 17.7 Å². The Labute approximate surface area is 113 Å². The van der Waals surface area contributed by atoms with Gasteiger partial charge in [0.1, 0.15) is 6.07 Å². The standard InChI is InChI=1S/C15H18N2O2/c1-17(14-8-3-2-6-12(14)11-16)15(18)10-13-7-4-5-9-19-13/h2-3,6,8,13H,4-5,7,9-10H2,1H3. The second-order valence-corrected chi connectivity index (χ2v) is 4.77. The molecule has 0 spiro atoms. The Morgan fingerprint density at radius 3 is 2.95 bits per heavy atom. The first-order chi connectivity index (χ1) is 9.22. The zero-order valence-electron chi connectivity index (χ0n) is 11.1.